The van der Waals surface area contributed by atoms with Gasteiger partial charge in [0.25, 0.3) is 0 Å². The Labute approximate surface area is 139 Å². The van der Waals surface area contributed by atoms with Gasteiger partial charge in [-0.05, 0) is 31.5 Å². The maximum absolute atomic E-state index is 9.35. The lowest BCUT2D eigenvalue weighted by atomic mass is 10.6. The van der Waals surface area contributed by atoms with Gasteiger partial charge in [-0.15, -0.1) is 0 Å². The third-order valence-corrected chi connectivity index (χ3v) is 12.2. The van der Waals surface area contributed by atoms with E-state index in [1.807, 2.05) is 21.6 Å². The lowest BCUT2D eigenvalue weighted by Gasteiger charge is -2.24. The molecule has 0 aliphatic heterocycles. The van der Waals surface area contributed by atoms with Gasteiger partial charge in [-0.2, -0.15) is 0 Å². The molecule has 0 aromatic carbocycles. The molecule has 0 heterocycles. The fourth-order valence-electron chi connectivity index (χ4n) is 1.75. The van der Waals surface area contributed by atoms with E-state index in [1.165, 1.54) is 0 Å². The van der Waals surface area contributed by atoms with Gasteiger partial charge in [0.05, 0.1) is 6.23 Å². The van der Waals surface area contributed by atoms with Crippen molar-refractivity contribution in [3.8, 4) is 0 Å². The largest absolute Gasteiger partial charge is 0.398 e. The van der Waals surface area contributed by atoms with Crippen molar-refractivity contribution in [3.63, 3.8) is 0 Å². The molecule has 0 atom stereocenters. The summed E-state index contributed by atoms with van der Waals surface area (Å²) in [6.45, 7) is 2.10. The summed E-state index contributed by atoms with van der Waals surface area (Å²) >= 11 is 0. The average Bonchev–Trinajstić information content (AvgIpc) is 2.54. The first-order valence-corrected chi connectivity index (χ1v) is 14.3. The van der Waals surface area contributed by atoms with Gasteiger partial charge in [-0.3, -0.25) is 0 Å². The number of aliphatic hydroxyl groups is 1. The van der Waals surface area contributed by atoms with Crippen molar-refractivity contribution in [2.45, 2.75) is 31.5 Å². The molecule has 0 fully saturated rings. The van der Waals surface area contributed by atoms with Crippen molar-refractivity contribution < 1.29 is 22.8 Å². The molecule has 0 rings (SSSR count). The Hall–Kier alpha value is 0.934. The molecule has 0 unspecified atom stereocenters. The molecule has 0 aliphatic carbocycles. The summed E-state index contributed by atoms with van der Waals surface area (Å²) in [4.78, 5) is 0. The third kappa shape index (κ3) is 8.96. The van der Waals surface area contributed by atoms with Gasteiger partial charge >= 0.3 is 17.1 Å². The van der Waals surface area contributed by atoms with Crippen molar-refractivity contribution in [2.75, 3.05) is 46.2 Å². The van der Waals surface area contributed by atoms with Gasteiger partial charge in [0.1, 0.15) is 0 Å². The van der Waals surface area contributed by atoms with Crippen molar-refractivity contribution in [2.24, 2.45) is 0 Å². The topological polar surface area (TPSA) is 57.2 Å². The zero-order valence-corrected chi connectivity index (χ0v) is 17.5. The van der Waals surface area contributed by atoms with Crippen molar-refractivity contribution in [1.29, 1.82) is 0 Å². The first-order valence-electron chi connectivity index (χ1n) is 7.07. The maximum Gasteiger partial charge on any atom is 0.364 e. The van der Waals surface area contributed by atoms with Gasteiger partial charge in [0, 0.05) is 39.9 Å². The van der Waals surface area contributed by atoms with Crippen LogP contribution in [0.2, 0.25) is 18.6 Å². The van der Waals surface area contributed by atoms with Crippen LogP contribution in [0.1, 0.15) is 12.8 Å². The lowest BCUT2D eigenvalue weighted by molar-refractivity contribution is 0.196. The molecule has 0 radical (unpaired) electrons. The van der Waals surface area contributed by atoms with Crippen LogP contribution in [0, 0.1) is 0 Å². The number of aliphatic hydroxyl groups excluding tert-OH is 1. The molecular formula is C12H30O5S2Si2. The maximum atomic E-state index is 9.35. The van der Waals surface area contributed by atoms with E-state index in [4.69, 9.17) is 17.7 Å². The second-order valence-corrected chi connectivity index (χ2v) is 14.6. The van der Waals surface area contributed by atoms with Crippen LogP contribution in [0.3, 0.4) is 0 Å². The van der Waals surface area contributed by atoms with Crippen LogP contribution in [0.25, 0.3) is 0 Å². The third-order valence-electron chi connectivity index (χ3n) is 3.58. The normalized spacial score (nSPS) is 12.9. The summed E-state index contributed by atoms with van der Waals surface area (Å²) < 4.78 is 21.7. The highest BCUT2D eigenvalue weighted by atomic mass is 33.1. The molecule has 5 nitrogen and oxygen atoms in total. The van der Waals surface area contributed by atoms with Gasteiger partial charge in [0.2, 0.25) is 0 Å². The van der Waals surface area contributed by atoms with E-state index in [2.05, 4.69) is 6.55 Å². The number of rotatable bonds is 14. The Balaban J connectivity index is 3.61. The smallest absolute Gasteiger partial charge is 0.364 e. The minimum absolute atomic E-state index is 0.0229. The van der Waals surface area contributed by atoms with E-state index in [0.29, 0.717) is 0 Å². The van der Waals surface area contributed by atoms with Crippen molar-refractivity contribution in [3.05, 3.63) is 0 Å². The monoisotopic (exact) mass is 374 g/mol. The molecule has 0 saturated carbocycles. The van der Waals surface area contributed by atoms with E-state index in [1.54, 1.807) is 28.4 Å². The molecular weight excluding hydrogens is 344 g/mol. The second kappa shape index (κ2) is 12.4. The van der Waals surface area contributed by atoms with Crippen LogP contribution in [-0.2, 0) is 17.7 Å². The first kappa shape index (κ1) is 21.9. The van der Waals surface area contributed by atoms with Crippen LogP contribution < -0.4 is 0 Å². The van der Waals surface area contributed by atoms with Crippen LogP contribution in [0.4, 0.5) is 0 Å². The summed E-state index contributed by atoms with van der Waals surface area (Å²) in [5.74, 6) is 2.16. The zero-order valence-electron chi connectivity index (χ0n) is 13.8. The molecule has 128 valence electrons. The van der Waals surface area contributed by atoms with Crippen LogP contribution >= 0.6 is 21.6 Å². The molecule has 0 aromatic rings. The number of hydrogen-bond donors (Lipinski definition) is 1. The first-order chi connectivity index (χ1) is 10.0. The lowest BCUT2D eigenvalue weighted by Crippen LogP contribution is -2.44. The predicted molar refractivity (Wildman–Crippen MR) is 96.3 cm³/mol. The molecule has 0 amide bonds. The molecule has 0 aromatic heterocycles. The van der Waals surface area contributed by atoms with Crippen LogP contribution in [0.15, 0.2) is 0 Å². The summed E-state index contributed by atoms with van der Waals surface area (Å²) in [7, 11) is 6.27. The SMILES string of the molecule is CO[Si](C)(CCCSSCCC[Si](CO)(OC)OC)OC. The van der Waals surface area contributed by atoms with Gasteiger partial charge in [-0.1, -0.05) is 21.6 Å². The minimum atomic E-state index is -2.32. The van der Waals surface area contributed by atoms with Gasteiger partial charge in [-0.25, -0.2) is 0 Å². The fourth-order valence-corrected chi connectivity index (χ4v) is 7.54. The van der Waals surface area contributed by atoms with Gasteiger partial charge in [0.15, 0.2) is 0 Å². The second-order valence-electron chi connectivity index (χ2n) is 4.87. The highest BCUT2D eigenvalue weighted by molar-refractivity contribution is 8.76. The van der Waals surface area contributed by atoms with E-state index < -0.39 is 17.1 Å². The molecule has 0 aliphatic rings. The van der Waals surface area contributed by atoms with E-state index >= 15 is 0 Å². The minimum Gasteiger partial charge on any atom is -0.398 e. The summed E-state index contributed by atoms with van der Waals surface area (Å²) in [6.07, 6.45) is 2.15. The molecule has 9 heteroatoms. The molecule has 21 heavy (non-hydrogen) atoms. The zero-order chi connectivity index (χ0) is 16.2. The summed E-state index contributed by atoms with van der Waals surface area (Å²) in [5, 5.41) is 9.35. The Kier molecular flexibility index (Phi) is 12.9. The number of hydrogen-bond acceptors (Lipinski definition) is 7. The highest BCUT2D eigenvalue weighted by Crippen LogP contribution is 2.27. The Morgan fingerprint density at radius 3 is 1.67 bits per heavy atom. The molecule has 1 N–H and O–H groups in total. The quantitative estimate of drug-likeness (QED) is 0.285. The molecule has 0 spiro atoms. The Morgan fingerprint density at radius 1 is 0.810 bits per heavy atom. The Morgan fingerprint density at radius 2 is 1.29 bits per heavy atom. The van der Waals surface area contributed by atoms with E-state index in [-0.39, 0.29) is 6.23 Å². The fraction of sp³-hybridized carbons (Fsp3) is 1.00. The molecule has 0 bridgehead atoms. The predicted octanol–water partition coefficient (Wildman–Crippen LogP) is 2.78. The van der Waals surface area contributed by atoms with Gasteiger partial charge < -0.3 is 22.8 Å². The summed E-state index contributed by atoms with van der Waals surface area (Å²) in [5.41, 5.74) is 0. The average molecular weight is 375 g/mol. The van der Waals surface area contributed by atoms with Crippen LogP contribution in [-0.4, -0.2) is 68.4 Å². The Bertz CT molecular complexity index is 246. The summed E-state index contributed by atoms with van der Waals surface area (Å²) in [6, 6.07) is 1.86. The van der Waals surface area contributed by atoms with Crippen molar-refractivity contribution >= 4 is 38.7 Å². The van der Waals surface area contributed by atoms with Crippen molar-refractivity contribution in [1.82, 2.24) is 0 Å². The van der Waals surface area contributed by atoms with Crippen LogP contribution in [0.5, 0.6) is 0 Å². The highest BCUT2D eigenvalue weighted by Gasteiger charge is 2.34. The standard InChI is InChI=1S/C12H30O5S2Si2/c1-14-20(5,15-2)10-6-8-18-19-9-7-11-21(12-13,16-3)17-4/h13H,6-12H2,1-5H3. The van der Waals surface area contributed by atoms with E-state index in [9.17, 15) is 5.11 Å². The van der Waals surface area contributed by atoms with E-state index in [0.717, 1.165) is 36.4 Å². The molecule has 0 saturated heterocycles.